The summed E-state index contributed by atoms with van der Waals surface area (Å²) >= 11 is 0. The smallest absolute Gasteiger partial charge is 0.327 e. The number of hydrogen-bond acceptors (Lipinski definition) is 7. The van der Waals surface area contributed by atoms with Gasteiger partial charge in [0.15, 0.2) is 0 Å². The largest absolute Gasteiger partial charge is 0.465 e. The first-order valence-electron chi connectivity index (χ1n) is 7.07. The predicted molar refractivity (Wildman–Crippen MR) is 80.8 cm³/mol. The third kappa shape index (κ3) is 5.01. The molecular weight excluding hydrogens is 304 g/mol. The van der Waals surface area contributed by atoms with Crippen molar-refractivity contribution in [1.82, 2.24) is 4.98 Å². The minimum Gasteiger partial charge on any atom is -0.465 e. The minimum absolute atomic E-state index is 0.0256. The van der Waals surface area contributed by atoms with Gasteiger partial charge in [-0.25, -0.2) is 0 Å². The summed E-state index contributed by atoms with van der Waals surface area (Å²) in [5.41, 5.74) is -1.03. The third-order valence-electron chi connectivity index (χ3n) is 2.67. The molecule has 1 unspecified atom stereocenters. The summed E-state index contributed by atoms with van der Waals surface area (Å²) in [5.74, 6) is -3.47. The summed E-state index contributed by atoms with van der Waals surface area (Å²) in [6.45, 7) is 8.10. The van der Waals surface area contributed by atoms with Crippen LogP contribution in [0, 0.1) is 17.0 Å². The third-order valence-corrected chi connectivity index (χ3v) is 2.67. The lowest BCUT2D eigenvalue weighted by atomic mass is 10.0. The van der Waals surface area contributed by atoms with Crippen LogP contribution in [0.5, 0.6) is 0 Å². The van der Waals surface area contributed by atoms with E-state index < -0.39 is 34.1 Å². The number of carbonyl (C=O) groups excluding carboxylic acids is 2. The van der Waals surface area contributed by atoms with Crippen molar-refractivity contribution in [1.29, 1.82) is 0 Å². The highest BCUT2D eigenvalue weighted by Crippen LogP contribution is 2.29. The molecule has 1 rings (SSSR count). The highest BCUT2D eigenvalue weighted by Gasteiger charge is 2.39. The zero-order chi connectivity index (χ0) is 17.8. The Morgan fingerprint density at radius 1 is 1.35 bits per heavy atom. The molecule has 0 aliphatic heterocycles. The van der Waals surface area contributed by atoms with Gasteiger partial charge in [0, 0.05) is 12.3 Å². The van der Waals surface area contributed by atoms with Crippen LogP contribution in [0.3, 0.4) is 0 Å². The van der Waals surface area contributed by atoms with Crippen LogP contribution < -0.4 is 0 Å². The van der Waals surface area contributed by atoms with E-state index in [1.54, 1.807) is 34.6 Å². The van der Waals surface area contributed by atoms with Crippen LogP contribution in [0.15, 0.2) is 12.3 Å². The number of nitrogens with zero attached hydrogens (tertiary/aromatic N) is 2. The number of carbonyl (C=O) groups is 2. The number of aryl methyl sites for hydroxylation is 1. The molecular formula is C15H20N2O6. The van der Waals surface area contributed by atoms with E-state index in [0.717, 1.165) is 0 Å². The zero-order valence-corrected chi connectivity index (χ0v) is 13.8. The molecule has 0 fully saturated rings. The van der Waals surface area contributed by atoms with E-state index in [9.17, 15) is 19.7 Å². The van der Waals surface area contributed by atoms with Gasteiger partial charge in [0.2, 0.25) is 5.92 Å². The second-order valence-electron chi connectivity index (χ2n) is 5.89. The molecule has 0 spiro atoms. The van der Waals surface area contributed by atoms with E-state index in [1.807, 2.05) is 0 Å². The first-order valence-corrected chi connectivity index (χ1v) is 7.07. The van der Waals surface area contributed by atoms with E-state index in [2.05, 4.69) is 4.98 Å². The maximum Gasteiger partial charge on any atom is 0.327 e. The fraction of sp³-hybridized carbons (Fsp3) is 0.533. The van der Waals surface area contributed by atoms with Crippen LogP contribution in [0.25, 0.3) is 0 Å². The molecule has 0 N–H and O–H groups in total. The fourth-order valence-electron chi connectivity index (χ4n) is 1.84. The molecule has 1 atom stereocenters. The second kappa shape index (κ2) is 7.17. The van der Waals surface area contributed by atoms with Crippen molar-refractivity contribution in [3.05, 3.63) is 33.6 Å². The van der Waals surface area contributed by atoms with E-state index in [0.29, 0.717) is 5.56 Å². The number of aromatic nitrogens is 1. The Hall–Kier alpha value is -2.51. The van der Waals surface area contributed by atoms with Gasteiger partial charge in [0.25, 0.3) is 5.69 Å². The van der Waals surface area contributed by atoms with Crippen molar-refractivity contribution in [2.45, 2.75) is 46.1 Å². The molecule has 126 valence electrons. The lowest BCUT2D eigenvalue weighted by Gasteiger charge is -2.22. The van der Waals surface area contributed by atoms with Crippen LogP contribution in [-0.2, 0) is 19.1 Å². The topological polar surface area (TPSA) is 109 Å². The Labute approximate surface area is 134 Å². The molecule has 1 aromatic heterocycles. The van der Waals surface area contributed by atoms with Crippen molar-refractivity contribution < 1.29 is 24.0 Å². The van der Waals surface area contributed by atoms with Crippen molar-refractivity contribution in [2.24, 2.45) is 0 Å². The van der Waals surface area contributed by atoms with Gasteiger partial charge >= 0.3 is 11.9 Å². The van der Waals surface area contributed by atoms with Crippen molar-refractivity contribution in [3.63, 3.8) is 0 Å². The Morgan fingerprint density at radius 3 is 2.43 bits per heavy atom. The number of rotatable bonds is 5. The van der Waals surface area contributed by atoms with Gasteiger partial charge in [-0.3, -0.25) is 24.7 Å². The van der Waals surface area contributed by atoms with Crippen molar-refractivity contribution in [3.8, 4) is 0 Å². The van der Waals surface area contributed by atoms with Crippen LogP contribution >= 0.6 is 0 Å². The normalized spacial score (nSPS) is 12.4. The molecule has 0 amide bonds. The van der Waals surface area contributed by atoms with E-state index >= 15 is 0 Å². The molecule has 8 heteroatoms. The average Bonchev–Trinajstić information content (AvgIpc) is 2.38. The number of ether oxygens (including phenoxy) is 2. The van der Waals surface area contributed by atoms with Gasteiger partial charge in [-0.15, -0.1) is 0 Å². The van der Waals surface area contributed by atoms with Gasteiger partial charge < -0.3 is 9.47 Å². The molecule has 0 aromatic carbocycles. The molecule has 0 aliphatic rings. The van der Waals surface area contributed by atoms with E-state index in [-0.39, 0.29) is 12.3 Å². The maximum absolute atomic E-state index is 12.3. The first kappa shape index (κ1) is 18.5. The average molecular weight is 324 g/mol. The maximum atomic E-state index is 12.3. The minimum atomic E-state index is -1.60. The predicted octanol–water partition coefficient (Wildman–Crippen LogP) is 2.29. The molecule has 8 nitrogen and oxygen atoms in total. The van der Waals surface area contributed by atoms with E-state index in [1.165, 1.54) is 12.3 Å². The summed E-state index contributed by atoms with van der Waals surface area (Å²) in [6.07, 6.45) is 1.35. The summed E-state index contributed by atoms with van der Waals surface area (Å²) in [6, 6.07) is 1.25. The van der Waals surface area contributed by atoms with Crippen LogP contribution in [0.4, 0.5) is 5.69 Å². The number of nitro groups is 1. The van der Waals surface area contributed by atoms with Gasteiger partial charge in [-0.05, 0) is 40.2 Å². The molecule has 0 saturated carbocycles. The van der Waals surface area contributed by atoms with Gasteiger partial charge in [0.05, 0.1) is 11.5 Å². The number of hydrogen-bond donors (Lipinski definition) is 0. The van der Waals surface area contributed by atoms with Gasteiger partial charge in [-0.1, -0.05) is 0 Å². The highest BCUT2D eigenvalue weighted by atomic mass is 16.6. The monoisotopic (exact) mass is 324 g/mol. The summed E-state index contributed by atoms with van der Waals surface area (Å²) < 4.78 is 10.0. The fourth-order valence-corrected chi connectivity index (χ4v) is 1.84. The molecule has 0 bridgehead atoms. The zero-order valence-electron chi connectivity index (χ0n) is 13.8. The summed E-state index contributed by atoms with van der Waals surface area (Å²) in [7, 11) is 0. The molecule has 1 aromatic rings. The van der Waals surface area contributed by atoms with Crippen LogP contribution in [-0.4, -0.2) is 34.1 Å². The van der Waals surface area contributed by atoms with Gasteiger partial charge in [-0.2, -0.15) is 0 Å². The number of esters is 2. The van der Waals surface area contributed by atoms with E-state index in [4.69, 9.17) is 9.47 Å². The Kier molecular flexibility index (Phi) is 5.78. The number of pyridine rings is 1. The molecule has 0 radical (unpaired) electrons. The second-order valence-corrected chi connectivity index (χ2v) is 5.89. The molecule has 23 heavy (non-hydrogen) atoms. The van der Waals surface area contributed by atoms with Crippen LogP contribution in [0.2, 0.25) is 0 Å². The van der Waals surface area contributed by atoms with Crippen LogP contribution in [0.1, 0.15) is 44.9 Å². The molecule has 1 heterocycles. The Morgan fingerprint density at radius 2 is 1.96 bits per heavy atom. The summed E-state index contributed by atoms with van der Waals surface area (Å²) in [5, 5.41) is 11.2. The van der Waals surface area contributed by atoms with Gasteiger partial charge in [0.1, 0.15) is 11.3 Å². The van der Waals surface area contributed by atoms with Crippen molar-refractivity contribution >= 4 is 17.6 Å². The van der Waals surface area contributed by atoms with Crippen molar-refractivity contribution in [2.75, 3.05) is 6.61 Å². The SMILES string of the molecule is CCOC(=O)C(C(=O)OC(C)(C)C)c1ncc(C)cc1[N+](=O)[O-]. The quantitative estimate of drug-likeness (QED) is 0.354. The molecule has 0 aliphatic carbocycles. The first-order chi connectivity index (χ1) is 10.6. The lowest BCUT2D eigenvalue weighted by Crippen LogP contribution is -2.33. The Bertz CT molecular complexity index is 621. The lowest BCUT2D eigenvalue weighted by molar-refractivity contribution is -0.386. The highest BCUT2D eigenvalue weighted by molar-refractivity contribution is 6.01. The standard InChI is InChI=1S/C15H20N2O6/c1-6-22-13(18)11(14(19)23-15(3,4)5)12-10(17(20)21)7-9(2)8-16-12/h7-8,11H,6H2,1-5H3. The Balaban J connectivity index is 3.38. The molecule has 0 saturated heterocycles. The summed E-state index contributed by atoms with van der Waals surface area (Å²) in [4.78, 5) is 38.9.